The Labute approximate surface area is 196 Å². The van der Waals surface area contributed by atoms with Gasteiger partial charge in [0.1, 0.15) is 10.6 Å². The fourth-order valence-corrected chi connectivity index (χ4v) is 5.35. The molecule has 3 heterocycles. The summed E-state index contributed by atoms with van der Waals surface area (Å²) in [7, 11) is 0. The number of carbonyl (C=O) groups is 2. The van der Waals surface area contributed by atoms with Crippen molar-refractivity contribution in [3.05, 3.63) is 82.7 Å². The second kappa shape index (κ2) is 9.16. The zero-order chi connectivity index (χ0) is 23.7. The molecule has 2 aromatic heterocycles. The number of thiophene rings is 1. The average molecular weight is 484 g/mol. The molecule has 0 saturated heterocycles. The van der Waals surface area contributed by atoms with Gasteiger partial charge in [-0.2, -0.15) is 0 Å². The lowest BCUT2D eigenvalue weighted by Crippen LogP contribution is -2.39. The third-order valence-electron chi connectivity index (χ3n) is 5.17. The molecule has 0 aliphatic carbocycles. The Hall–Kier alpha value is -3.50. The van der Waals surface area contributed by atoms with Gasteiger partial charge >= 0.3 is 11.9 Å². The fraction of sp³-hybridized carbons (Fsp3) is 0.217. The summed E-state index contributed by atoms with van der Waals surface area (Å²) in [5.41, 5.74) is 2.12. The number of nitrogens with one attached hydrogen (secondary N) is 1. The second-order valence-corrected chi connectivity index (χ2v) is 9.29. The highest BCUT2D eigenvalue weighted by Crippen LogP contribution is 2.33. The number of carboxylic acids is 1. The van der Waals surface area contributed by atoms with Crippen molar-refractivity contribution in [2.45, 2.75) is 26.8 Å². The largest absolute Gasteiger partial charge is 0.478 e. The molecule has 1 atom stereocenters. The third kappa shape index (κ3) is 4.27. The Balaban J connectivity index is 1.83. The van der Waals surface area contributed by atoms with E-state index in [0.29, 0.717) is 26.3 Å². The minimum atomic E-state index is -1.03. The number of ether oxygens (including phenoxy) is 1. The predicted molar refractivity (Wildman–Crippen MR) is 127 cm³/mol. The van der Waals surface area contributed by atoms with E-state index in [1.165, 1.54) is 39.4 Å². The first-order valence-corrected chi connectivity index (χ1v) is 11.8. The van der Waals surface area contributed by atoms with Crippen LogP contribution in [0.15, 0.2) is 56.8 Å². The van der Waals surface area contributed by atoms with Gasteiger partial charge in [-0.3, -0.25) is 9.36 Å². The summed E-state index contributed by atoms with van der Waals surface area (Å²) in [5, 5.41) is 14.2. The molecule has 0 amide bonds. The zero-order valence-electron chi connectivity index (χ0n) is 18.1. The molecular weight excluding hydrogens is 462 g/mol. The quantitative estimate of drug-likeness (QED) is 0.522. The number of rotatable bonds is 6. The van der Waals surface area contributed by atoms with Crippen LogP contribution in [-0.4, -0.2) is 28.2 Å². The molecule has 8 nitrogen and oxygen atoms in total. The molecule has 170 valence electrons. The van der Waals surface area contributed by atoms with Crippen LogP contribution < -0.4 is 20.2 Å². The van der Waals surface area contributed by atoms with E-state index in [2.05, 4.69) is 10.3 Å². The van der Waals surface area contributed by atoms with E-state index in [9.17, 15) is 19.5 Å². The van der Waals surface area contributed by atoms with Gasteiger partial charge in [-0.1, -0.05) is 23.5 Å². The average Bonchev–Trinajstić information content (AvgIpc) is 3.40. The molecule has 1 aromatic carbocycles. The number of carbonyl (C=O) groups excluding carboxylic acids is 1. The summed E-state index contributed by atoms with van der Waals surface area (Å²) in [4.78, 5) is 43.3. The van der Waals surface area contributed by atoms with E-state index in [1.54, 1.807) is 26.1 Å². The number of allylic oxidation sites excluding steroid dienone is 1. The fourth-order valence-electron chi connectivity index (χ4n) is 3.56. The Morgan fingerprint density at radius 3 is 2.76 bits per heavy atom. The standard InChI is InChI=1S/C23H21N3O5S2/c1-4-31-22(30)18-13(3)25-23-26(19(18)16-6-5-9-32-16)20(27)17(33-23)11-24-15-10-14(21(28)29)8-7-12(15)2/h5-11,19,24H,4H2,1-3H3,(H,28,29)/b17-11-/t19-/m0/s1. The summed E-state index contributed by atoms with van der Waals surface area (Å²) in [5.74, 6) is -1.53. The number of thiazole rings is 1. The molecule has 0 fully saturated rings. The maximum Gasteiger partial charge on any atom is 0.338 e. The highest BCUT2D eigenvalue weighted by atomic mass is 32.1. The topological polar surface area (TPSA) is 110 Å². The molecule has 2 N–H and O–H groups in total. The van der Waals surface area contributed by atoms with Crippen molar-refractivity contribution in [1.29, 1.82) is 0 Å². The van der Waals surface area contributed by atoms with E-state index < -0.39 is 18.0 Å². The van der Waals surface area contributed by atoms with Crippen molar-refractivity contribution >= 4 is 46.5 Å². The van der Waals surface area contributed by atoms with E-state index in [-0.39, 0.29) is 17.7 Å². The van der Waals surface area contributed by atoms with Crippen molar-refractivity contribution in [2.24, 2.45) is 4.99 Å². The number of anilines is 1. The van der Waals surface area contributed by atoms with Crippen LogP contribution in [0.1, 0.15) is 40.7 Å². The van der Waals surface area contributed by atoms with Crippen LogP contribution in [0.25, 0.3) is 6.20 Å². The second-order valence-electron chi connectivity index (χ2n) is 7.30. The Kier molecular flexibility index (Phi) is 6.30. The number of aromatic carboxylic acids is 1. The van der Waals surface area contributed by atoms with Crippen LogP contribution >= 0.6 is 22.7 Å². The van der Waals surface area contributed by atoms with E-state index in [1.807, 2.05) is 24.4 Å². The van der Waals surface area contributed by atoms with E-state index in [0.717, 1.165) is 10.4 Å². The maximum atomic E-state index is 13.4. The number of esters is 1. The van der Waals surface area contributed by atoms with Crippen molar-refractivity contribution in [2.75, 3.05) is 11.9 Å². The molecule has 0 radical (unpaired) electrons. The number of hydrogen-bond acceptors (Lipinski definition) is 8. The number of nitrogens with zero attached hydrogens (tertiary/aromatic N) is 2. The number of aryl methyl sites for hydroxylation is 1. The molecular formula is C23H21N3O5S2. The van der Waals surface area contributed by atoms with Crippen molar-refractivity contribution in [3.8, 4) is 0 Å². The van der Waals surface area contributed by atoms with Crippen molar-refractivity contribution < 1.29 is 19.4 Å². The lowest BCUT2D eigenvalue weighted by atomic mass is 10.0. The Bertz CT molecular complexity index is 1450. The van der Waals surface area contributed by atoms with Gasteiger partial charge in [0.25, 0.3) is 5.56 Å². The smallest absolute Gasteiger partial charge is 0.338 e. The molecule has 33 heavy (non-hydrogen) atoms. The number of aromatic nitrogens is 1. The van der Waals surface area contributed by atoms with Crippen LogP contribution in [0.2, 0.25) is 0 Å². The molecule has 0 spiro atoms. The third-order valence-corrected chi connectivity index (χ3v) is 7.08. The van der Waals surface area contributed by atoms with Gasteiger partial charge in [0.05, 0.1) is 23.4 Å². The molecule has 0 bridgehead atoms. The maximum absolute atomic E-state index is 13.4. The predicted octanol–water partition coefficient (Wildman–Crippen LogP) is 2.89. The molecule has 1 aliphatic heterocycles. The normalized spacial score (nSPS) is 15.7. The first-order chi connectivity index (χ1) is 15.8. The minimum absolute atomic E-state index is 0.144. The van der Waals surface area contributed by atoms with Gasteiger partial charge in [-0.15, -0.1) is 11.3 Å². The first-order valence-electron chi connectivity index (χ1n) is 10.1. The minimum Gasteiger partial charge on any atom is -0.478 e. The molecule has 3 aromatic rings. The first kappa shape index (κ1) is 22.7. The van der Waals surface area contributed by atoms with Crippen LogP contribution in [-0.2, 0) is 9.53 Å². The molecule has 4 rings (SSSR count). The summed E-state index contributed by atoms with van der Waals surface area (Å²) in [6.07, 6.45) is 1.55. The van der Waals surface area contributed by atoms with Crippen molar-refractivity contribution in [1.82, 2.24) is 4.57 Å². The van der Waals surface area contributed by atoms with Gasteiger partial charge in [0.2, 0.25) is 0 Å². The highest BCUT2D eigenvalue weighted by Gasteiger charge is 2.33. The molecule has 0 saturated carbocycles. The Morgan fingerprint density at radius 1 is 1.30 bits per heavy atom. The number of fused-ring (bicyclic) bond motifs is 1. The lowest BCUT2D eigenvalue weighted by Gasteiger charge is -2.23. The van der Waals surface area contributed by atoms with Crippen LogP contribution in [0.4, 0.5) is 5.69 Å². The van der Waals surface area contributed by atoms with Gasteiger partial charge in [0, 0.05) is 16.8 Å². The summed E-state index contributed by atoms with van der Waals surface area (Å²) in [6.45, 7) is 5.53. The Morgan fingerprint density at radius 2 is 2.09 bits per heavy atom. The highest BCUT2D eigenvalue weighted by molar-refractivity contribution is 7.10. The van der Waals surface area contributed by atoms with Gasteiger partial charge in [-0.05, 0) is 49.9 Å². The number of benzene rings is 1. The molecule has 0 unspecified atom stereocenters. The monoisotopic (exact) mass is 483 g/mol. The van der Waals surface area contributed by atoms with Crippen LogP contribution in [0.5, 0.6) is 0 Å². The van der Waals surface area contributed by atoms with Gasteiger partial charge < -0.3 is 15.2 Å². The SMILES string of the molecule is CCOC(=O)C1=C(C)N=c2s/c(=C\Nc3cc(C(=O)O)ccc3C)c(=O)n2[C@H]1c1cccs1. The summed E-state index contributed by atoms with van der Waals surface area (Å²) in [6, 6.07) is 7.86. The molecule has 10 heteroatoms. The molecule has 1 aliphatic rings. The van der Waals surface area contributed by atoms with Crippen LogP contribution in [0, 0.1) is 6.92 Å². The van der Waals surface area contributed by atoms with Crippen LogP contribution in [0.3, 0.4) is 0 Å². The summed E-state index contributed by atoms with van der Waals surface area (Å²) < 4.78 is 7.16. The zero-order valence-corrected chi connectivity index (χ0v) is 19.8. The number of hydrogen-bond donors (Lipinski definition) is 2. The van der Waals surface area contributed by atoms with E-state index in [4.69, 9.17) is 4.74 Å². The summed E-state index contributed by atoms with van der Waals surface area (Å²) >= 11 is 2.65. The van der Waals surface area contributed by atoms with Gasteiger partial charge in [-0.25, -0.2) is 14.6 Å². The van der Waals surface area contributed by atoms with Crippen molar-refractivity contribution in [3.63, 3.8) is 0 Å². The van der Waals surface area contributed by atoms with Gasteiger partial charge in [0.15, 0.2) is 4.80 Å². The number of carboxylic acid groups (broad SMARTS) is 1. The lowest BCUT2D eigenvalue weighted by molar-refractivity contribution is -0.139. The van der Waals surface area contributed by atoms with E-state index >= 15 is 0 Å².